The summed E-state index contributed by atoms with van der Waals surface area (Å²) in [6, 6.07) is 16.3. The Balaban J connectivity index is 1.89. The second-order valence-electron chi connectivity index (χ2n) is 4.92. The van der Waals surface area contributed by atoms with Crippen LogP contribution in [0.15, 0.2) is 48.5 Å². The lowest BCUT2D eigenvalue weighted by molar-refractivity contribution is 0.298. The summed E-state index contributed by atoms with van der Waals surface area (Å²) >= 11 is 0. The largest absolute Gasteiger partial charge is 0.494 e. The average molecular weight is 255 g/mol. The van der Waals surface area contributed by atoms with Crippen LogP contribution in [0, 0.1) is 13.8 Å². The van der Waals surface area contributed by atoms with Gasteiger partial charge in [-0.1, -0.05) is 42.0 Å². The van der Waals surface area contributed by atoms with Crippen molar-refractivity contribution in [3.05, 3.63) is 65.2 Å². The van der Waals surface area contributed by atoms with E-state index in [1.165, 1.54) is 16.7 Å². The normalized spacial score (nSPS) is 12.2. The molecule has 2 aromatic carbocycles. The molecule has 0 fully saturated rings. The molecule has 2 heteroatoms. The summed E-state index contributed by atoms with van der Waals surface area (Å²) in [5.41, 5.74) is 9.97. The van der Waals surface area contributed by atoms with Crippen LogP contribution in [0.2, 0.25) is 0 Å². The van der Waals surface area contributed by atoms with Crippen LogP contribution < -0.4 is 10.5 Å². The molecule has 0 bridgehead atoms. The first-order chi connectivity index (χ1) is 9.16. The van der Waals surface area contributed by atoms with Crippen LogP contribution >= 0.6 is 0 Å². The van der Waals surface area contributed by atoms with Gasteiger partial charge in [0.25, 0.3) is 0 Å². The molecule has 2 N–H and O–H groups in total. The minimum atomic E-state index is 0.0318. The van der Waals surface area contributed by atoms with Crippen molar-refractivity contribution in [3.8, 4) is 5.75 Å². The first kappa shape index (κ1) is 13.6. The zero-order chi connectivity index (χ0) is 13.7. The van der Waals surface area contributed by atoms with Gasteiger partial charge >= 0.3 is 0 Å². The zero-order valence-electron chi connectivity index (χ0n) is 11.6. The first-order valence-corrected chi connectivity index (χ1v) is 6.67. The minimum Gasteiger partial charge on any atom is -0.494 e. The SMILES string of the molecule is Cc1ccc(C(N)CCOc2ccccc2)c(C)c1. The summed E-state index contributed by atoms with van der Waals surface area (Å²) < 4.78 is 5.68. The van der Waals surface area contributed by atoms with Crippen molar-refractivity contribution in [1.29, 1.82) is 0 Å². The number of benzene rings is 2. The van der Waals surface area contributed by atoms with Gasteiger partial charge in [0.05, 0.1) is 6.61 Å². The third kappa shape index (κ3) is 3.83. The Morgan fingerprint density at radius 2 is 1.79 bits per heavy atom. The highest BCUT2D eigenvalue weighted by Crippen LogP contribution is 2.20. The predicted octanol–water partition coefficient (Wildman–Crippen LogP) is 3.77. The fourth-order valence-corrected chi connectivity index (χ4v) is 2.22. The number of hydrogen-bond acceptors (Lipinski definition) is 2. The molecule has 2 rings (SSSR count). The molecular weight excluding hydrogens is 234 g/mol. The van der Waals surface area contributed by atoms with E-state index in [-0.39, 0.29) is 6.04 Å². The summed E-state index contributed by atoms with van der Waals surface area (Å²) in [7, 11) is 0. The maximum absolute atomic E-state index is 6.23. The standard InChI is InChI=1S/C17H21NO/c1-13-8-9-16(14(2)12-13)17(18)10-11-19-15-6-4-3-5-7-15/h3-9,12,17H,10-11,18H2,1-2H3. The Hall–Kier alpha value is -1.80. The number of ether oxygens (including phenoxy) is 1. The van der Waals surface area contributed by atoms with Crippen LogP contribution in [0.4, 0.5) is 0 Å². The van der Waals surface area contributed by atoms with Gasteiger partial charge in [0, 0.05) is 12.5 Å². The Morgan fingerprint density at radius 1 is 1.05 bits per heavy atom. The summed E-state index contributed by atoms with van der Waals surface area (Å²) in [6.07, 6.45) is 0.818. The van der Waals surface area contributed by atoms with Crippen molar-refractivity contribution in [2.24, 2.45) is 5.73 Å². The number of para-hydroxylation sites is 1. The topological polar surface area (TPSA) is 35.2 Å². The second kappa shape index (κ2) is 6.39. The molecule has 1 unspecified atom stereocenters. The van der Waals surface area contributed by atoms with Crippen molar-refractivity contribution in [1.82, 2.24) is 0 Å². The third-order valence-electron chi connectivity index (χ3n) is 3.27. The van der Waals surface area contributed by atoms with Crippen LogP contribution in [0.1, 0.15) is 29.2 Å². The van der Waals surface area contributed by atoms with Crippen LogP contribution in [0.3, 0.4) is 0 Å². The molecular formula is C17H21NO. The van der Waals surface area contributed by atoms with E-state index in [4.69, 9.17) is 10.5 Å². The maximum Gasteiger partial charge on any atom is 0.119 e. The number of rotatable bonds is 5. The van der Waals surface area contributed by atoms with Gasteiger partial charge in [-0.05, 0) is 37.1 Å². The predicted molar refractivity (Wildman–Crippen MR) is 79.4 cm³/mol. The Labute approximate surface area is 115 Å². The van der Waals surface area contributed by atoms with Gasteiger partial charge in [0.15, 0.2) is 0 Å². The lowest BCUT2D eigenvalue weighted by atomic mass is 9.98. The Kier molecular flexibility index (Phi) is 4.58. The Bertz CT molecular complexity index is 522. The molecule has 0 amide bonds. The van der Waals surface area contributed by atoms with E-state index >= 15 is 0 Å². The van der Waals surface area contributed by atoms with E-state index in [0.29, 0.717) is 6.61 Å². The van der Waals surface area contributed by atoms with Crippen LogP contribution in [-0.2, 0) is 0 Å². The maximum atomic E-state index is 6.23. The molecule has 0 heterocycles. The molecule has 1 atom stereocenters. The van der Waals surface area contributed by atoms with Crippen molar-refractivity contribution in [3.63, 3.8) is 0 Å². The van der Waals surface area contributed by atoms with Crippen LogP contribution in [-0.4, -0.2) is 6.61 Å². The monoisotopic (exact) mass is 255 g/mol. The number of aryl methyl sites for hydroxylation is 2. The summed E-state index contributed by atoms with van der Waals surface area (Å²) in [4.78, 5) is 0. The zero-order valence-corrected chi connectivity index (χ0v) is 11.6. The molecule has 0 aliphatic rings. The van der Waals surface area contributed by atoms with Gasteiger partial charge in [-0.2, -0.15) is 0 Å². The molecule has 0 saturated carbocycles. The van der Waals surface area contributed by atoms with Gasteiger partial charge in [0.2, 0.25) is 0 Å². The van der Waals surface area contributed by atoms with Gasteiger partial charge in [-0.25, -0.2) is 0 Å². The molecule has 0 aliphatic carbocycles. The molecule has 0 aliphatic heterocycles. The molecule has 100 valence electrons. The number of nitrogens with two attached hydrogens (primary N) is 1. The van der Waals surface area contributed by atoms with Crippen molar-refractivity contribution >= 4 is 0 Å². The van der Waals surface area contributed by atoms with E-state index in [2.05, 4.69) is 32.0 Å². The van der Waals surface area contributed by atoms with E-state index in [0.717, 1.165) is 12.2 Å². The van der Waals surface area contributed by atoms with Crippen molar-refractivity contribution in [2.45, 2.75) is 26.3 Å². The highest BCUT2D eigenvalue weighted by Gasteiger charge is 2.09. The van der Waals surface area contributed by atoms with Gasteiger partial charge in [-0.15, -0.1) is 0 Å². The second-order valence-corrected chi connectivity index (χ2v) is 4.92. The molecule has 2 aromatic rings. The quantitative estimate of drug-likeness (QED) is 0.882. The van der Waals surface area contributed by atoms with E-state index in [9.17, 15) is 0 Å². The lowest BCUT2D eigenvalue weighted by Crippen LogP contribution is -2.15. The van der Waals surface area contributed by atoms with Gasteiger partial charge in [-0.3, -0.25) is 0 Å². The van der Waals surface area contributed by atoms with Gasteiger partial charge in [0.1, 0.15) is 5.75 Å². The van der Waals surface area contributed by atoms with E-state index in [1.807, 2.05) is 30.3 Å². The highest BCUT2D eigenvalue weighted by atomic mass is 16.5. The van der Waals surface area contributed by atoms with Crippen LogP contribution in [0.5, 0.6) is 5.75 Å². The molecule has 0 radical (unpaired) electrons. The molecule has 0 saturated heterocycles. The summed E-state index contributed by atoms with van der Waals surface area (Å²) in [5.74, 6) is 0.898. The molecule has 0 spiro atoms. The summed E-state index contributed by atoms with van der Waals surface area (Å²) in [6.45, 7) is 4.85. The molecule has 2 nitrogen and oxygen atoms in total. The fourth-order valence-electron chi connectivity index (χ4n) is 2.22. The highest BCUT2D eigenvalue weighted by molar-refractivity contribution is 5.32. The van der Waals surface area contributed by atoms with Crippen molar-refractivity contribution < 1.29 is 4.74 Å². The average Bonchev–Trinajstić information content (AvgIpc) is 2.39. The van der Waals surface area contributed by atoms with Crippen molar-refractivity contribution in [2.75, 3.05) is 6.61 Å². The van der Waals surface area contributed by atoms with Gasteiger partial charge < -0.3 is 10.5 Å². The van der Waals surface area contributed by atoms with E-state index in [1.54, 1.807) is 0 Å². The van der Waals surface area contributed by atoms with Crippen LogP contribution in [0.25, 0.3) is 0 Å². The molecule has 0 aromatic heterocycles. The Morgan fingerprint density at radius 3 is 2.47 bits per heavy atom. The number of hydrogen-bond donors (Lipinski definition) is 1. The minimum absolute atomic E-state index is 0.0318. The lowest BCUT2D eigenvalue weighted by Gasteiger charge is -2.15. The fraction of sp³-hybridized carbons (Fsp3) is 0.294. The van der Waals surface area contributed by atoms with E-state index < -0.39 is 0 Å². The summed E-state index contributed by atoms with van der Waals surface area (Å²) in [5, 5.41) is 0. The smallest absolute Gasteiger partial charge is 0.119 e. The molecule has 19 heavy (non-hydrogen) atoms. The first-order valence-electron chi connectivity index (χ1n) is 6.67. The third-order valence-corrected chi connectivity index (χ3v) is 3.27.